The summed E-state index contributed by atoms with van der Waals surface area (Å²) in [6, 6.07) is 11.2. The van der Waals surface area contributed by atoms with Crippen LogP contribution in [-0.4, -0.2) is 46.9 Å². The van der Waals surface area contributed by atoms with E-state index < -0.39 is 17.9 Å². The molecule has 36 heavy (non-hydrogen) atoms. The summed E-state index contributed by atoms with van der Waals surface area (Å²) in [4.78, 5) is 39.3. The Morgan fingerprint density at radius 1 is 1.00 bits per heavy atom. The first-order valence-electron chi connectivity index (χ1n) is 12.4. The molecule has 0 spiro atoms. The summed E-state index contributed by atoms with van der Waals surface area (Å²) in [6.45, 7) is 1.35. The second-order valence-corrected chi connectivity index (χ2v) is 10.3. The van der Waals surface area contributed by atoms with Crippen molar-refractivity contribution in [2.75, 3.05) is 13.1 Å². The number of rotatable bonds is 7. The second kappa shape index (κ2) is 11.9. The molecular weight excluding hydrogens is 499 g/mol. The van der Waals surface area contributed by atoms with Crippen molar-refractivity contribution in [3.8, 4) is 0 Å². The van der Waals surface area contributed by atoms with E-state index in [1.807, 2.05) is 29.2 Å². The molecule has 1 heterocycles. The highest BCUT2D eigenvalue weighted by atomic mass is 35.5. The van der Waals surface area contributed by atoms with E-state index in [4.69, 9.17) is 23.2 Å². The molecule has 1 aliphatic carbocycles. The quantitative estimate of drug-likeness (QED) is 0.488. The highest BCUT2D eigenvalue weighted by molar-refractivity contribution is 6.39. The molecule has 2 aromatic carbocycles. The van der Waals surface area contributed by atoms with Crippen LogP contribution in [-0.2, 0) is 16.0 Å². The molecular formula is C28H30Cl2N2O4. The van der Waals surface area contributed by atoms with E-state index in [-0.39, 0.29) is 27.9 Å². The van der Waals surface area contributed by atoms with Gasteiger partial charge in [0.25, 0.3) is 5.91 Å². The molecule has 6 nitrogen and oxygen atoms in total. The van der Waals surface area contributed by atoms with Crippen LogP contribution in [0.5, 0.6) is 0 Å². The average Bonchev–Trinajstić information content (AvgIpc) is 2.89. The maximum absolute atomic E-state index is 12.8. The van der Waals surface area contributed by atoms with Gasteiger partial charge < -0.3 is 15.3 Å². The van der Waals surface area contributed by atoms with Crippen LogP contribution in [0.1, 0.15) is 60.0 Å². The number of amides is 2. The van der Waals surface area contributed by atoms with Crippen LogP contribution in [0.2, 0.25) is 10.0 Å². The van der Waals surface area contributed by atoms with Crippen molar-refractivity contribution >= 4 is 46.6 Å². The van der Waals surface area contributed by atoms with Crippen LogP contribution in [0.25, 0.3) is 5.57 Å². The Balaban J connectivity index is 1.37. The first kappa shape index (κ1) is 26.2. The highest BCUT2D eigenvalue weighted by Crippen LogP contribution is 2.29. The van der Waals surface area contributed by atoms with Crippen molar-refractivity contribution in [1.29, 1.82) is 0 Å². The van der Waals surface area contributed by atoms with E-state index in [0.29, 0.717) is 12.5 Å². The Morgan fingerprint density at radius 2 is 1.67 bits per heavy atom. The van der Waals surface area contributed by atoms with Crippen molar-refractivity contribution in [1.82, 2.24) is 10.2 Å². The number of carboxylic acid groups (broad SMARTS) is 1. The summed E-state index contributed by atoms with van der Waals surface area (Å²) in [7, 11) is 0. The van der Waals surface area contributed by atoms with E-state index in [2.05, 4.69) is 11.4 Å². The van der Waals surface area contributed by atoms with E-state index >= 15 is 0 Å². The number of aliphatic carboxylic acids is 1. The van der Waals surface area contributed by atoms with Gasteiger partial charge in [-0.15, -0.1) is 0 Å². The summed E-state index contributed by atoms with van der Waals surface area (Å²) < 4.78 is 0. The standard InChI is InChI=1S/C28H30Cl2N2O4/c29-22-7-4-8-23(30)25(22)26(33)31-24(28(35)36)17-18-9-11-19(12-10-18)20-13-15-32(16-14-20)27(34)21-5-2-1-3-6-21/h4,7-13,21,24H,1-3,5-6,14-17H2,(H,31,33)(H,35,36)/t24-/m0/s1. The smallest absolute Gasteiger partial charge is 0.326 e. The summed E-state index contributed by atoms with van der Waals surface area (Å²) >= 11 is 12.2. The van der Waals surface area contributed by atoms with Crippen molar-refractivity contribution < 1.29 is 19.5 Å². The molecule has 2 aliphatic rings. The number of benzene rings is 2. The largest absolute Gasteiger partial charge is 0.480 e. The van der Waals surface area contributed by atoms with E-state index in [1.54, 1.807) is 6.07 Å². The number of carbonyl (C=O) groups is 3. The summed E-state index contributed by atoms with van der Waals surface area (Å²) in [6.07, 6.45) is 8.59. The molecule has 2 N–H and O–H groups in total. The third-order valence-corrected chi connectivity index (χ3v) is 7.66. The number of carbonyl (C=O) groups excluding carboxylic acids is 2. The summed E-state index contributed by atoms with van der Waals surface area (Å²) in [5.74, 6) is -1.30. The molecule has 0 bridgehead atoms. The predicted molar refractivity (Wildman–Crippen MR) is 141 cm³/mol. The summed E-state index contributed by atoms with van der Waals surface area (Å²) in [5.41, 5.74) is 3.08. The first-order valence-corrected chi connectivity index (χ1v) is 13.1. The van der Waals surface area contributed by atoms with Gasteiger partial charge in [-0.05, 0) is 48.1 Å². The van der Waals surface area contributed by atoms with Gasteiger partial charge in [0.05, 0.1) is 15.6 Å². The number of hydrogen-bond donors (Lipinski definition) is 2. The molecule has 4 rings (SSSR count). The molecule has 0 radical (unpaired) electrons. The van der Waals surface area contributed by atoms with Crippen LogP contribution in [0.15, 0.2) is 48.5 Å². The van der Waals surface area contributed by atoms with Crippen molar-refractivity contribution in [2.45, 2.75) is 51.0 Å². The van der Waals surface area contributed by atoms with Gasteiger partial charge in [-0.25, -0.2) is 4.79 Å². The van der Waals surface area contributed by atoms with Gasteiger partial charge in [-0.1, -0.05) is 78.9 Å². The summed E-state index contributed by atoms with van der Waals surface area (Å²) in [5, 5.41) is 12.5. The Morgan fingerprint density at radius 3 is 2.25 bits per heavy atom. The lowest BCUT2D eigenvalue weighted by Gasteiger charge is -2.31. The number of nitrogens with zero attached hydrogens (tertiary/aromatic N) is 1. The third-order valence-electron chi connectivity index (χ3n) is 7.03. The molecule has 0 saturated heterocycles. The lowest BCUT2D eigenvalue weighted by atomic mass is 9.87. The van der Waals surface area contributed by atoms with Crippen molar-refractivity contribution in [3.63, 3.8) is 0 Å². The fraction of sp³-hybridized carbons (Fsp3) is 0.393. The van der Waals surface area contributed by atoms with Crippen LogP contribution >= 0.6 is 23.2 Å². The van der Waals surface area contributed by atoms with Gasteiger partial charge in [0.15, 0.2) is 0 Å². The van der Waals surface area contributed by atoms with Gasteiger partial charge >= 0.3 is 5.97 Å². The number of halogens is 2. The Bertz CT molecular complexity index is 1140. The molecule has 2 amide bonds. The minimum Gasteiger partial charge on any atom is -0.480 e. The maximum Gasteiger partial charge on any atom is 0.326 e. The van der Waals surface area contributed by atoms with E-state index in [0.717, 1.165) is 49.8 Å². The monoisotopic (exact) mass is 528 g/mol. The lowest BCUT2D eigenvalue weighted by Crippen LogP contribution is -2.42. The predicted octanol–water partition coefficient (Wildman–Crippen LogP) is 5.62. The second-order valence-electron chi connectivity index (χ2n) is 9.46. The molecule has 8 heteroatoms. The number of hydrogen-bond acceptors (Lipinski definition) is 3. The highest BCUT2D eigenvalue weighted by Gasteiger charge is 2.27. The maximum atomic E-state index is 12.8. The fourth-order valence-electron chi connectivity index (χ4n) is 4.98. The van der Waals surface area contributed by atoms with Crippen LogP contribution in [0, 0.1) is 5.92 Å². The SMILES string of the molecule is O=C(N[C@@H](Cc1ccc(C2=CCN(C(=O)C3CCCCC3)CC2)cc1)C(=O)O)c1c(Cl)cccc1Cl. The number of carboxylic acids is 1. The molecule has 190 valence electrons. The van der Waals surface area contributed by atoms with Gasteiger partial charge in [0.2, 0.25) is 5.91 Å². The first-order chi connectivity index (χ1) is 17.3. The van der Waals surface area contributed by atoms with Crippen LogP contribution in [0.4, 0.5) is 0 Å². The number of nitrogens with one attached hydrogen (secondary N) is 1. The average molecular weight is 529 g/mol. The zero-order valence-corrected chi connectivity index (χ0v) is 21.5. The van der Waals surface area contributed by atoms with Gasteiger partial charge in [0.1, 0.15) is 6.04 Å². The van der Waals surface area contributed by atoms with Crippen LogP contribution in [0.3, 0.4) is 0 Å². The molecule has 1 fully saturated rings. The minimum atomic E-state index is -1.15. The third kappa shape index (κ3) is 6.29. The van der Waals surface area contributed by atoms with Gasteiger partial charge in [-0.2, -0.15) is 0 Å². The van der Waals surface area contributed by atoms with E-state index in [9.17, 15) is 19.5 Å². The lowest BCUT2D eigenvalue weighted by molar-refractivity contribution is -0.139. The topological polar surface area (TPSA) is 86.7 Å². The van der Waals surface area contributed by atoms with Gasteiger partial charge in [0, 0.05) is 25.4 Å². The molecule has 1 atom stereocenters. The molecule has 0 aromatic heterocycles. The Labute approximate surface area is 221 Å². The molecule has 1 saturated carbocycles. The fourth-order valence-corrected chi connectivity index (χ4v) is 5.54. The van der Waals surface area contributed by atoms with Crippen LogP contribution < -0.4 is 5.32 Å². The molecule has 1 aliphatic heterocycles. The molecule has 0 unspecified atom stereocenters. The van der Waals surface area contributed by atoms with Gasteiger partial charge in [-0.3, -0.25) is 9.59 Å². The minimum absolute atomic E-state index is 0.0580. The van der Waals surface area contributed by atoms with E-state index in [1.165, 1.54) is 24.1 Å². The molecule has 2 aromatic rings. The Kier molecular flexibility index (Phi) is 8.70. The normalized spacial score (nSPS) is 17.3. The van der Waals surface area contributed by atoms with Crippen molar-refractivity contribution in [2.24, 2.45) is 5.92 Å². The van der Waals surface area contributed by atoms with Crippen molar-refractivity contribution in [3.05, 3.63) is 75.3 Å². The Hall–Kier alpha value is -2.83. The zero-order chi connectivity index (χ0) is 25.7. The zero-order valence-electron chi connectivity index (χ0n) is 20.0.